The molecule has 3 rings (SSSR count). The fourth-order valence-corrected chi connectivity index (χ4v) is 3.98. The Morgan fingerprint density at radius 3 is 2.73 bits per heavy atom. The predicted molar refractivity (Wildman–Crippen MR) is 105 cm³/mol. The number of nitrogens with zero attached hydrogens (tertiary/aromatic N) is 2. The number of amides is 1. The van der Waals surface area contributed by atoms with E-state index in [1.165, 1.54) is 0 Å². The minimum absolute atomic E-state index is 0.0934. The molecule has 2 aliphatic heterocycles. The highest BCUT2D eigenvalue weighted by molar-refractivity contribution is 5.77. The number of ether oxygens (including phenoxy) is 2. The number of rotatable bonds is 4. The van der Waals surface area contributed by atoms with Crippen molar-refractivity contribution in [3.8, 4) is 0 Å². The maximum atomic E-state index is 13.4. The van der Waals surface area contributed by atoms with Gasteiger partial charge in [-0.05, 0) is 17.9 Å². The highest BCUT2D eigenvalue weighted by Gasteiger charge is 2.39. The van der Waals surface area contributed by atoms with E-state index in [1.807, 2.05) is 20.8 Å². The summed E-state index contributed by atoms with van der Waals surface area (Å²) in [4.78, 5) is 18.8. The van der Waals surface area contributed by atoms with E-state index in [1.54, 1.807) is 12.0 Å². The highest BCUT2D eigenvalue weighted by Crippen LogP contribution is 2.35. The second kappa shape index (κ2) is 8.80. The van der Waals surface area contributed by atoms with Gasteiger partial charge >= 0.3 is 6.18 Å². The summed E-state index contributed by atoms with van der Waals surface area (Å²) < 4.78 is 51.0. The molecule has 6 nitrogen and oxygen atoms in total. The van der Waals surface area contributed by atoms with Crippen molar-refractivity contribution in [2.24, 2.45) is 5.41 Å². The number of methoxy groups -OCH3 is 1. The second-order valence-electron chi connectivity index (χ2n) is 9.15. The molecule has 9 heteroatoms. The van der Waals surface area contributed by atoms with Crippen LogP contribution in [0, 0.1) is 5.41 Å². The van der Waals surface area contributed by atoms with Crippen LogP contribution in [-0.2, 0) is 26.9 Å². The summed E-state index contributed by atoms with van der Waals surface area (Å²) in [5.74, 6) is -0.0934. The Balaban J connectivity index is 1.97. The van der Waals surface area contributed by atoms with Crippen molar-refractivity contribution in [1.82, 2.24) is 15.2 Å². The van der Waals surface area contributed by atoms with Gasteiger partial charge in [-0.15, -0.1) is 0 Å². The lowest BCUT2D eigenvalue weighted by Gasteiger charge is -2.42. The summed E-state index contributed by atoms with van der Waals surface area (Å²) in [6.07, 6.45) is -3.22. The minimum Gasteiger partial charge on any atom is -0.379 e. The third-order valence-corrected chi connectivity index (χ3v) is 5.51. The molecule has 1 fully saturated rings. The monoisotopic (exact) mass is 429 g/mol. The fraction of sp³-hybridized carbons (Fsp3) is 0.714. The predicted octanol–water partition coefficient (Wildman–Crippen LogP) is 3.31. The number of fused-ring (bicyclic) bond motifs is 1. The van der Waals surface area contributed by atoms with E-state index in [9.17, 15) is 18.0 Å². The van der Waals surface area contributed by atoms with Crippen LogP contribution in [0.25, 0.3) is 0 Å². The summed E-state index contributed by atoms with van der Waals surface area (Å²) >= 11 is 0. The first-order valence-electron chi connectivity index (χ1n) is 10.2. The number of halogens is 3. The molecule has 0 saturated carbocycles. The molecule has 2 aliphatic rings. The van der Waals surface area contributed by atoms with E-state index in [-0.39, 0.29) is 23.5 Å². The summed E-state index contributed by atoms with van der Waals surface area (Å²) in [5, 5.41) is 3.40. The van der Waals surface area contributed by atoms with E-state index < -0.39 is 17.9 Å². The summed E-state index contributed by atoms with van der Waals surface area (Å²) in [6, 6.07) is 0.969. The van der Waals surface area contributed by atoms with Gasteiger partial charge in [-0.1, -0.05) is 20.8 Å². The Hall–Kier alpha value is -1.71. The standard InChI is InChI=1S/C21H30F3N3O3/c1-20(2,3)10-18(28)27-7-5-15-14(9-13(11-25-15)21(22,23)24)19(27)26-16-6-8-30-12-17(16)29-4/h9,11,16-17,19,26H,5-8,10,12H2,1-4H3/t16-,17-,19+/m0/s1. The van der Waals surface area contributed by atoms with Gasteiger partial charge in [-0.2, -0.15) is 13.2 Å². The van der Waals surface area contributed by atoms with Gasteiger partial charge in [0.1, 0.15) is 6.17 Å². The smallest absolute Gasteiger partial charge is 0.379 e. The second-order valence-corrected chi connectivity index (χ2v) is 9.15. The van der Waals surface area contributed by atoms with Crippen molar-refractivity contribution in [3.05, 3.63) is 29.1 Å². The highest BCUT2D eigenvalue weighted by atomic mass is 19.4. The number of pyridine rings is 1. The molecule has 1 amide bonds. The Labute approximate surface area is 175 Å². The van der Waals surface area contributed by atoms with Gasteiger partial charge in [0.05, 0.1) is 18.3 Å². The van der Waals surface area contributed by atoms with Crippen LogP contribution in [0.15, 0.2) is 12.3 Å². The van der Waals surface area contributed by atoms with Crippen molar-refractivity contribution in [3.63, 3.8) is 0 Å². The zero-order chi connectivity index (χ0) is 22.1. The van der Waals surface area contributed by atoms with Crippen LogP contribution in [0.1, 0.15) is 56.6 Å². The Morgan fingerprint density at radius 2 is 2.10 bits per heavy atom. The molecular weight excluding hydrogens is 399 g/mol. The molecule has 3 atom stereocenters. The third-order valence-electron chi connectivity index (χ3n) is 5.51. The van der Waals surface area contributed by atoms with Gasteiger partial charge in [0.15, 0.2) is 0 Å². The molecule has 1 saturated heterocycles. The molecule has 168 valence electrons. The molecule has 1 N–H and O–H groups in total. The van der Waals surface area contributed by atoms with Crippen molar-refractivity contribution in [2.75, 3.05) is 26.9 Å². The molecule has 30 heavy (non-hydrogen) atoms. The average Bonchev–Trinajstić information content (AvgIpc) is 2.66. The molecule has 0 unspecified atom stereocenters. The largest absolute Gasteiger partial charge is 0.417 e. The fourth-order valence-electron chi connectivity index (χ4n) is 3.98. The maximum absolute atomic E-state index is 13.4. The number of carbonyl (C=O) groups is 1. The van der Waals surface area contributed by atoms with Crippen LogP contribution < -0.4 is 5.32 Å². The number of aromatic nitrogens is 1. The van der Waals surface area contributed by atoms with E-state index >= 15 is 0 Å². The van der Waals surface area contributed by atoms with E-state index in [0.717, 1.165) is 12.3 Å². The SMILES string of the molecule is CO[C@H]1COCC[C@@H]1N[C@H]1c2cc(C(F)(F)F)cnc2CCN1C(=O)CC(C)(C)C. The molecule has 0 aliphatic carbocycles. The molecular formula is C21H30F3N3O3. The summed E-state index contributed by atoms with van der Waals surface area (Å²) in [7, 11) is 1.58. The third kappa shape index (κ3) is 5.31. The molecule has 0 aromatic carbocycles. The van der Waals surface area contributed by atoms with Crippen LogP contribution in [0.4, 0.5) is 13.2 Å². The van der Waals surface area contributed by atoms with Crippen LogP contribution in [0.5, 0.6) is 0 Å². The zero-order valence-corrected chi connectivity index (χ0v) is 17.9. The number of alkyl halides is 3. The Morgan fingerprint density at radius 1 is 1.37 bits per heavy atom. The van der Waals surface area contributed by atoms with Crippen molar-refractivity contribution < 1.29 is 27.4 Å². The first-order chi connectivity index (χ1) is 14.0. The summed E-state index contributed by atoms with van der Waals surface area (Å²) in [5.41, 5.74) is -0.0590. The lowest BCUT2D eigenvalue weighted by Crippen LogP contribution is -2.55. The van der Waals surface area contributed by atoms with Gasteiger partial charge in [0.2, 0.25) is 5.91 Å². The molecule has 1 aromatic heterocycles. The van der Waals surface area contributed by atoms with Crippen molar-refractivity contribution in [1.29, 1.82) is 0 Å². The van der Waals surface area contributed by atoms with Crippen LogP contribution in [0.3, 0.4) is 0 Å². The normalized spacial score (nSPS) is 25.2. The topological polar surface area (TPSA) is 63.7 Å². The first-order valence-corrected chi connectivity index (χ1v) is 10.2. The van der Waals surface area contributed by atoms with Crippen LogP contribution >= 0.6 is 0 Å². The first kappa shape index (κ1) is 23.0. The Kier molecular flexibility index (Phi) is 6.74. The number of nitrogens with one attached hydrogen (secondary N) is 1. The van der Waals surface area contributed by atoms with E-state index in [2.05, 4.69) is 10.3 Å². The lowest BCUT2D eigenvalue weighted by atomic mass is 9.90. The van der Waals surface area contributed by atoms with Crippen LogP contribution in [-0.4, -0.2) is 54.8 Å². The number of carbonyl (C=O) groups excluding carboxylic acids is 1. The average molecular weight is 429 g/mol. The van der Waals surface area contributed by atoms with E-state index in [4.69, 9.17) is 9.47 Å². The van der Waals surface area contributed by atoms with Crippen molar-refractivity contribution in [2.45, 2.75) is 64.5 Å². The maximum Gasteiger partial charge on any atom is 0.417 e. The van der Waals surface area contributed by atoms with Crippen molar-refractivity contribution >= 4 is 5.91 Å². The molecule has 3 heterocycles. The van der Waals surface area contributed by atoms with Gasteiger partial charge < -0.3 is 14.4 Å². The lowest BCUT2D eigenvalue weighted by molar-refractivity contribution is -0.138. The number of hydrogen-bond donors (Lipinski definition) is 1. The van der Waals surface area contributed by atoms with Gasteiger partial charge in [-0.3, -0.25) is 15.1 Å². The van der Waals surface area contributed by atoms with Crippen LogP contribution in [0.2, 0.25) is 0 Å². The number of hydrogen-bond acceptors (Lipinski definition) is 5. The zero-order valence-electron chi connectivity index (χ0n) is 17.9. The minimum atomic E-state index is -4.50. The molecule has 0 bridgehead atoms. The Bertz CT molecular complexity index is 764. The van der Waals surface area contributed by atoms with E-state index in [0.29, 0.717) is 50.3 Å². The van der Waals surface area contributed by atoms with Gasteiger partial charge in [0, 0.05) is 56.6 Å². The molecule has 1 aromatic rings. The van der Waals surface area contributed by atoms with Gasteiger partial charge in [0.25, 0.3) is 0 Å². The molecule has 0 radical (unpaired) electrons. The quantitative estimate of drug-likeness (QED) is 0.796. The molecule has 0 spiro atoms. The van der Waals surface area contributed by atoms with Gasteiger partial charge in [-0.25, -0.2) is 0 Å². The summed E-state index contributed by atoms with van der Waals surface area (Å²) in [6.45, 7) is 7.22.